The molecule has 80 valence electrons. The van der Waals surface area contributed by atoms with E-state index in [4.69, 9.17) is 0 Å². The van der Waals surface area contributed by atoms with Crippen LogP contribution in [0.15, 0.2) is 9.85 Å². The molecule has 0 aliphatic heterocycles. The minimum atomic E-state index is -2.94. The molecule has 0 aromatic carbocycles. The molecule has 0 aliphatic rings. The zero-order valence-corrected chi connectivity index (χ0v) is 12.6. The first kappa shape index (κ1) is 12.7. The number of alkyl halides is 1. The van der Waals surface area contributed by atoms with E-state index in [-0.39, 0.29) is 10.6 Å². The van der Waals surface area contributed by atoms with Crippen LogP contribution in [0.3, 0.4) is 0 Å². The Morgan fingerprint density at radius 1 is 1.57 bits per heavy atom. The van der Waals surface area contributed by atoms with E-state index in [0.717, 1.165) is 14.2 Å². The van der Waals surface area contributed by atoms with E-state index in [9.17, 15) is 8.42 Å². The van der Waals surface area contributed by atoms with Gasteiger partial charge in [-0.2, -0.15) is 0 Å². The molecule has 0 bridgehead atoms. The van der Waals surface area contributed by atoms with Gasteiger partial charge >= 0.3 is 0 Å². The monoisotopic (exact) mass is 360 g/mol. The summed E-state index contributed by atoms with van der Waals surface area (Å²) < 4.78 is 23.2. The van der Waals surface area contributed by atoms with Gasteiger partial charge in [0.05, 0.1) is 14.4 Å². The highest BCUT2D eigenvalue weighted by molar-refractivity contribution is 9.11. The maximum atomic E-state index is 11.1. The average Bonchev–Trinajstić information content (AvgIpc) is 2.26. The zero-order chi connectivity index (χ0) is 10.9. The van der Waals surface area contributed by atoms with Gasteiger partial charge in [-0.1, -0.05) is 15.9 Å². The molecule has 0 saturated heterocycles. The van der Waals surface area contributed by atoms with Crippen LogP contribution in [0.2, 0.25) is 0 Å². The lowest BCUT2D eigenvalue weighted by atomic mass is 10.2. The topological polar surface area (TPSA) is 34.1 Å². The summed E-state index contributed by atoms with van der Waals surface area (Å²) in [6, 6.07) is 1.96. The van der Waals surface area contributed by atoms with Crippen molar-refractivity contribution in [1.82, 2.24) is 0 Å². The number of sulfone groups is 1. The van der Waals surface area contributed by atoms with Gasteiger partial charge in [0.15, 0.2) is 0 Å². The molecule has 0 saturated carbocycles. The van der Waals surface area contributed by atoms with Gasteiger partial charge in [0.2, 0.25) is 0 Å². The fourth-order valence-corrected chi connectivity index (χ4v) is 5.68. The second-order valence-electron chi connectivity index (χ2n) is 3.12. The van der Waals surface area contributed by atoms with E-state index in [1.165, 1.54) is 6.26 Å². The maximum absolute atomic E-state index is 11.1. The zero-order valence-electron chi connectivity index (χ0n) is 7.75. The van der Waals surface area contributed by atoms with Gasteiger partial charge in [-0.05, 0) is 34.5 Å². The Kier molecular flexibility index (Phi) is 4.20. The molecule has 6 heteroatoms. The van der Waals surface area contributed by atoms with E-state index in [1.807, 2.05) is 13.0 Å². The molecule has 0 aliphatic carbocycles. The fraction of sp³-hybridized carbons (Fsp3) is 0.500. The molecule has 14 heavy (non-hydrogen) atoms. The lowest BCUT2D eigenvalue weighted by Crippen LogP contribution is -2.08. The largest absolute Gasteiger partial charge is 0.229 e. The van der Waals surface area contributed by atoms with E-state index >= 15 is 0 Å². The molecule has 2 nitrogen and oxygen atoms in total. The molecule has 0 fully saturated rings. The molecule has 1 rings (SSSR count). The van der Waals surface area contributed by atoms with Crippen molar-refractivity contribution < 1.29 is 8.42 Å². The third-order valence-electron chi connectivity index (χ3n) is 1.71. The first-order chi connectivity index (χ1) is 6.29. The van der Waals surface area contributed by atoms with Crippen LogP contribution >= 0.6 is 43.2 Å². The summed E-state index contributed by atoms with van der Waals surface area (Å²) in [5, 5.41) is 0. The highest BCUT2D eigenvalue weighted by atomic mass is 79.9. The average molecular weight is 362 g/mol. The van der Waals surface area contributed by atoms with E-state index in [0.29, 0.717) is 0 Å². The summed E-state index contributed by atoms with van der Waals surface area (Å²) in [5.41, 5.74) is 1.05. The van der Waals surface area contributed by atoms with E-state index < -0.39 is 9.84 Å². The summed E-state index contributed by atoms with van der Waals surface area (Å²) in [5.74, 6) is 0.136. The van der Waals surface area contributed by atoms with Crippen molar-refractivity contribution in [3.05, 3.63) is 20.3 Å². The number of halogens is 2. The minimum absolute atomic E-state index is 0.111. The van der Waals surface area contributed by atoms with Gasteiger partial charge < -0.3 is 0 Å². The Morgan fingerprint density at radius 3 is 2.50 bits per heavy atom. The van der Waals surface area contributed by atoms with Crippen LogP contribution in [0.4, 0.5) is 0 Å². The van der Waals surface area contributed by atoms with Crippen molar-refractivity contribution in [2.24, 2.45) is 0 Å². The Bertz CT molecular complexity index is 423. The normalized spacial score (nSPS) is 14.3. The van der Waals surface area contributed by atoms with Gasteiger partial charge in [0.1, 0.15) is 9.84 Å². The third kappa shape index (κ3) is 3.64. The van der Waals surface area contributed by atoms with Crippen molar-refractivity contribution in [2.75, 3.05) is 12.0 Å². The Morgan fingerprint density at radius 2 is 2.14 bits per heavy atom. The molecule has 1 atom stereocenters. The molecule has 1 aromatic rings. The molecule has 1 aromatic heterocycles. The molecule has 0 radical (unpaired) electrons. The second kappa shape index (κ2) is 4.63. The van der Waals surface area contributed by atoms with Crippen molar-refractivity contribution in [1.29, 1.82) is 0 Å². The number of hydrogen-bond donors (Lipinski definition) is 0. The molecule has 1 heterocycles. The van der Waals surface area contributed by atoms with Crippen molar-refractivity contribution >= 4 is 53.0 Å². The molecule has 0 amide bonds. The van der Waals surface area contributed by atoms with Gasteiger partial charge in [0.25, 0.3) is 0 Å². The Hall–Kier alpha value is 0.610. The van der Waals surface area contributed by atoms with Crippen LogP contribution in [0, 0.1) is 6.92 Å². The summed E-state index contributed by atoms with van der Waals surface area (Å²) in [7, 11) is -2.94. The van der Waals surface area contributed by atoms with E-state index in [1.54, 1.807) is 11.3 Å². The maximum Gasteiger partial charge on any atom is 0.148 e. The highest BCUT2D eigenvalue weighted by Gasteiger charge is 2.17. The Labute approximate surface area is 105 Å². The lowest BCUT2D eigenvalue weighted by Gasteiger charge is -2.07. The second-order valence-corrected chi connectivity index (χ2v) is 9.05. The predicted molar refractivity (Wildman–Crippen MR) is 68.1 cm³/mol. The first-order valence-electron chi connectivity index (χ1n) is 3.87. The molecule has 1 unspecified atom stereocenters. The van der Waals surface area contributed by atoms with Crippen LogP contribution in [0.1, 0.15) is 15.3 Å². The summed E-state index contributed by atoms with van der Waals surface area (Å²) >= 11 is 8.39. The number of rotatable bonds is 3. The Balaban J connectivity index is 2.90. The minimum Gasteiger partial charge on any atom is -0.229 e. The highest BCUT2D eigenvalue weighted by Crippen LogP contribution is 2.35. The quantitative estimate of drug-likeness (QED) is 0.774. The van der Waals surface area contributed by atoms with Gasteiger partial charge in [-0.15, -0.1) is 11.3 Å². The number of aryl methyl sites for hydroxylation is 1. The van der Waals surface area contributed by atoms with Crippen molar-refractivity contribution in [3.8, 4) is 0 Å². The molecular weight excluding hydrogens is 352 g/mol. The third-order valence-corrected chi connectivity index (χ3v) is 5.47. The van der Waals surface area contributed by atoms with Crippen LogP contribution in [-0.2, 0) is 9.84 Å². The summed E-state index contributed by atoms with van der Waals surface area (Å²) in [4.78, 5) is 1.03. The standard InChI is InChI=1S/C8H10Br2O2S2/c1-5-6(3-8(10)13-5)7(9)4-14(2,11)12/h3,7H,4H2,1-2H3. The molecule has 0 N–H and O–H groups in total. The van der Waals surface area contributed by atoms with Crippen LogP contribution < -0.4 is 0 Å². The van der Waals surface area contributed by atoms with E-state index in [2.05, 4.69) is 31.9 Å². The van der Waals surface area contributed by atoms with Crippen LogP contribution in [0.25, 0.3) is 0 Å². The summed E-state index contributed by atoms with van der Waals surface area (Å²) in [6.45, 7) is 1.99. The lowest BCUT2D eigenvalue weighted by molar-refractivity contribution is 0.601. The van der Waals surface area contributed by atoms with Gasteiger partial charge in [-0.3, -0.25) is 0 Å². The number of hydrogen-bond acceptors (Lipinski definition) is 3. The van der Waals surface area contributed by atoms with Gasteiger partial charge in [0, 0.05) is 11.1 Å². The fourth-order valence-electron chi connectivity index (χ4n) is 1.13. The van der Waals surface area contributed by atoms with Crippen molar-refractivity contribution in [2.45, 2.75) is 11.8 Å². The number of thiophene rings is 1. The first-order valence-corrected chi connectivity index (χ1v) is 8.46. The molecular formula is C8H10Br2O2S2. The van der Waals surface area contributed by atoms with Crippen molar-refractivity contribution in [3.63, 3.8) is 0 Å². The predicted octanol–water partition coefficient (Wildman–Crippen LogP) is 3.30. The summed E-state index contributed by atoms with van der Waals surface area (Å²) in [6.07, 6.45) is 1.25. The van der Waals surface area contributed by atoms with Crippen LogP contribution in [-0.4, -0.2) is 20.4 Å². The van der Waals surface area contributed by atoms with Gasteiger partial charge in [-0.25, -0.2) is 8.42 Å². The molecule has 0 spiro atoms. The van der Waals surface area contributed by atoms with Crippen LogP contribution in [0.5, 0.6) is 0 Å². The smallest absolute Gasteiger partial charge is 0.148 e. The SMILES string of the molecule is Cc1sc(Br)cc1C(Br)CS(C)(=O)=O.